The van der Waals surface area contributed by atoms with Crippen molar-refractivity contribution >= 4 is 11.7 Å². The van der Waals surface area contributed by atoms with E-state index in [1.807, 2.05) is 36.2 Å². The molecular formula is C23H31F2N5O. The number of nitrogens with zero attached hydrogens (tertiary/aromatic N) is 4. The third-order valence-corrected chi connectivity index (χ3v) is 5.39. The molecule has 31 heavy (non-hydrogen) atoms. The highest BCUT2D eigenvalue weighted by atomic mass is 19.3. The van der Waals surface area contributed by atoms with E-state index in [-0.39, 0.29) is 5.76 Å². The lowest BCUT2D eigenvalue weighted by molar-refractivity contribution is -0.194. The van der Waals surface area contributed by atoms with E-state index in [4.69, 9.17) is 10.8 Å². The third-order valence-electron chi connectivity index (χ3n) is 5.39. The summed E-state index contributed by atoms with van der Waals surface area (Å²) in [7, 11) is 0. The molecule has 2 N–H and O–H groups in total. The van der Waals surface area contributed by atoms with Crippen LogP contribution in [0.2, 0.25) is 0 Å². The molecular weight excluding hydrogens is 400 g/mol. The van der Waals surface area contributed by atoms with E-state index < -0.39 is 6.11 Å². The highest BCUT2D eigenvalue weighted by Gasteiger charge is 2.25. The number of hydrogen-bond acceptors (Lipinski definition) is 6. The number of rotatable bonds is 6. The van der Waals surface area contributed by atoms with Crippen molar-refractivity contribution in [1.29, 1.82) is 0 Å². The van der Waals surface area contributed by atoms with E-state index in [9.17, 15) is 8.78 Å². The van der Waals surface area contributed by atoms with Crippen LogP contribution in [0.5, 0.6) is 0 Å². The average molecular weight is 432 g/mol. The monoisotopic (exact) mass is 431 g/mol. The molecule has 0 saturated carbocycles. The van der Waals surface area contributed by atoms with Gasteiger partial charge in [-0.2, -0.15) is 13.9 Å². The van der Waals surface area contributed by atoms with Gasteiger partial charge in [0.2, 0.25) is 0 Å². The van der Waals surface area contributed by atoms with E-state index in [0.29, 0.717) is 25.0 Å². The number of halogens is 2. The first-order valence-corrected chi connectivity index (χ1v) is 10.7. The minimum atomic E-state index is -3.28. The van der Waals surface area contributed by atoms with E-state index in [1.54, 1.807) is 6.20 Å². The van der Waals surface area contributed by atoms with E-state index in [0.717, 1.165) is 56.1 Å². The van der Waals surface area contributed by atoms with Crippen LogP contribution in [0.3, 0.4) is 0 Å². The van der Waals surface area contributed by atoms with Gasteiger partial charge in [-0.1, -0.05) is 18.7 Å². The number of hydrazone groups is 1. The Bertz CT molecular complexity index is 864. The first kappa shape index (κ1) is 22.9. The summed E-state index contributed by atoms with van der Waals surface area (Å²) in [6.07, 6.45) is 10.9. The fourth-order valence-corrected chi connectivity index (χ4v) is 3.84. The van der Waals surface area contributed by atoms with Crippen LogP contribution in [-0.4, -0.2) is 53.9 Å². The highest BCUT2D eigenvalue weighted by Crippen LogP contribution is 2.25. The molecule has 0 aliphatic carbocycles. The van der Waals surface area contributed by atoms with E-state index in [2.05, 4.69) is 21.2 Å². The van der Waals surface area contributed by atoms with Gasteiger partial charge in [0, 0.05) is 26.2 Å². The van der Waals surface area contributed by atoms with Crippen molar-refractivity contribution in [3.05, 3.63) is 60.1 Å². The minimum Gasteiger partial charge on any atom is -0.433 e. The normalized spacial score (nSPS) is 22.5. The van der Waals surface area contributed by atoms with Gasteiger partial charge in [0.25, 0.3) is 0 Å². The summed E-state index contributed by atoms with van der Waals surface area (Å²) in [6.45, 7) is 9.22. The lowest BCUT2D eigenvalue weighted by Gasteiger charge is -2.31. The van der Waals surface area contributed by atoms with Crippen LogP contribution < -0.4 is 5.73 Å². The molecule has 3 aliphatic heterocycles. The highest BCUT2D eigenvalue weighted by molar-refractivity contribution is 6.05. The van der Waals surface area contributed by atoms with Crippen LogP contribution in [0.25, 0.3) is 0 Å². The number of hydrogen-bond donors (Lipinski definition) is 1. The maximum Gasteiger partial charge on any atom is 0.394 e. The van der Waals surface area contributed by atoms with Crippen LogP contribution in [0, 0.1) is 5.92 Å². The molecule has 3 aliphatic rings. The summed E-state index contributed by atoms with van der Waals surface area (Å²) in [5.74, 6) is 2.11. The predicted octanol–water partition coefficient (Wildman–Crippen LogP) is 4.17. The van der Waals surface area contributed by atoms with Gasteiger partial charge in [0.15, 0.2) is 0 Å². The van der Waals surface area contributed by atoms with Crippen molar-refractivity contribution in [2.24, 2.45) is 21.7 Å². The molecule has 1 unspecified atom stereocenters. The van der Waals surface area contributed by atoms with Crippen molar-refractivity contribution in [1.82, 2.24) is 9.91 Å². The fraction of sp³-hybridized carbons (Fsp3) is 0.478. The zero-order valence-corrected chi connectivity index (χ0v) is 18.2. The van der Waals surface area contributed by atoms with Gasteiger partial charge in [-0.3, -0.25) is 0 Å². The summed E-state index contributed by atoms with van der Waals surface area (Å²) < 4.78 is 30.9. The van der Waals surface area contributed by atoms with Crippen molar-refractivity contribution < 1.29 is 13.5 Å². The Balaban J connectivity index is 1.76. The minimum absolute atomic E-state index is 0.113. The Hall–Kier alpha value is -2.74. The molecule has 0 radical (unpaired) electrons. The fourth-order valence-electron chi connectivity index (χ4n) is 3.84. The van der Waals surface area contributed by atoms with Gasteiger partial charge < -0.3 is 15.4 Å². The molecule has 0 amide bonds. The number of amidine groups is 2. The van der Waals surface area contributed by atoms with Crippen molar-refractivity contribution in [2.45, 2.75) is 39.2 Å². The number of aliphatic imine (C=N–C) groups is 1. The zero-order chi connectivity index (χ0) is 22.4. The molecule has 168 valence electrons. The molecule has 0 bridgehead atoms. The smallest absolute Gasteiger partial charge is 0.394 e. The number of alkyl halides is 2. The number of likely N-dealkylation sites (tertiary alicyclic amines) is 1. The number of fused-ring (bicyclic) bond motifs is 1. The Morgan fingerprint density at radius 2 is 2.10 bits per heavy atom. The second-order valence-electron chi connectivity index (χ2n) is 7.99. The third kappa shape index (κ3) is 6.37. The summed E-state index contributed by atoms with van der Waals surface area (Å²) in [4.78, 5) is 6.79. The van der Waals surface area contributed by atoms with Gasteiger partial charge in [-0.05, 0) is 68.0 Å². The molecule has 1 atom stereocenters. The maximum absolute atomic E-state index is 13.2. The Kier molecular flexibility index (Phi) is 7.43. The van der Waals surface area contributed by atoms with Crippen LogP contribution in [0.15, 0.2) is 70.2 Å². The summed E-state index contributed by atoms with van der Waals surface area (Å²) in [6, 6.07) is 0. The van der Waals surface area contributed by atoms with Gasteiger partial charge in [0.1, 0.15) is 17.4 Å². The van der Waals surface area contributed by atoms with E-state index in [1.165, 1.54) is 6.08 Å². The molecule has 0 aromatic carbocycles. The van der Waals surface area contributed by atoms with Crippen molar-refractivity contribution in [3.63, 3.8) is 0 Å². The Morgan fingerprint density at radius 3 is 2.81 bits per heavy atom. The molecule has 1 saturated heterocycles. The molecule has 1 fully saturated rings. The van der Waals surface area contributed by atoms with Crippen LogP contribution in [0.1, 0.15) is 33.1 Å². The first-order chi connectivity index (χ1) is 14.8. The predicted molar refractivity (Wildman–Crippen MR) is 121 cm³/mol. The quantitative estimate of drug-likeness (QED) is 0.506. The summed E-state index contributed by atoms with van der Waals surface area (Å²) in [5.41, 5.74) is 7.40. The molecule has 6 nitrogen and oxygen atoms in total. The van der Waals surface area contributed by atoms with Crippen LogP contribution in [-0.2, 0) is 4.74 Å². The topological polar surface area (TPSA) is 66.5 Å². The lowest BCUT2D eigenvalue weighted by atomic mass is 10.0. The SMILES string of the molecule is C=C(/C=C(\C=C/C)C1=CN=C2C=CC(N3CCCC(CN)CC3)=NN2C1)OC(C)(F)F. The first-order valence-electron chi connectivity index (χ1n) is 10.7. The van der Waals surface area contributed by atoms with Crippen molar-refractivity contribution in [3.8, 4) is 0 Å². The molecule has 3 rings (SSSR count). The number of nitrogens with two attached hydrogens (primary N) is 1. The second kappa shape index (κ2) is 10.0. The lowest BCUT2D eigenvalue weighted by Crippen LogP contribution is -2.39. The molecule has 8 heteroatoms. The second-order valence-corrected chi connectivity index (χ2v) is 7.99. The Labute approximate surface area is 182 Å². The molecule has 0 aromatic rings. The zero-order valence-electron chi connectivity index (χ0n) is 18.2. The summed E-state index contributed by atoms with van der Waals surface area (Å²) >= 11 is 0. The molecule has 0 aromatic heterocycles. The number of ether oxygens (including phenoxy) is 1. The van der Waals surface area contributed by atoms with Gasteiger partial charge in [0.05, 0.1) is 6.54 Å². The van der Waals surface area contributed by atoms with Gasteiger partial charge >= 0.3 is 6.11 Å². The molecule has 0 spiro atoms. The van der Waals surface area contributed by atoms with Crippen LogP contribution >= 0.6 is 0 Å². The largest absolute Gasteiger partial charge is 0.433 e. The Morgan fingerprint density at radius 1 is 1.32 bits per heavy atom. The van der Waals surface area contributed by atoms with Gasteiger partial charge in [-0.15, -0.1) is 0 Å². The van der Waals surface area contributed by atoms with Crippen LogP contribution in [0.4, 0.5) is 8.78 Å². The van der Waals surface area contributed by atoms with E-state index >= 15 is 0 Å². The van der Waals surface area contributed by atoms with Gasteiger partial charge in [-0.25, -0.2) is 10.0 Å². The summed E-state index contributed by atoms with van der Waals surface area (Å²) in [5, 5.41) is 6.65. The molecule has 3 heterocycles. The number of allylic oxidation sites excluding steroid dienone is 3. The standard InChI is InChI=1S/C23H31F2N5O/c1-4-6-19(13-17(2)31-23(3,24)25)20-15-27-21-8-9-22(28-30(21)16-20)29-11-5-7-18(14-26)10-12-29/h4,6,8-9,13,15,18H,2,5,7,10-12,14,16,26H2,1,3H3/b6-4-,19-13+. The van der Waals surface area contributed by atoms with Crippen molar-refractivity contribution in [2.75, 3.05) is 26.2 Å². The maximum atomic E-state index is 13.2. The average Bonchev–Trinajstić information content (AvgIpc) is 2.97.